The number of hydrogen-bond acceptors (Lipinski definition) is 3. The second-order valence-electron chi connectivity index (χ2n) is 5.78. The molecule has 1 aliphatic carbocycles. The average molecular weight is 368 g/mol. The van der Waals surface area contributed by atoms with Crippen LogP contribution in [0, 0.1) is 5.95 Å². The van der Waals surface area contributed by atoms with Crippen LogP contribution in [0.2, 0.25) is 0 Å². The van der Waals surface area contributed by atoms with E-state index in [0.29, 0.717) is 18.4 Å². The van der Waals surface area contributed by atoms with Crippen molar-refractivity contribution in [3.05, 3.63) is 59.2 Å². The van der Waals surface area contributed by atoms with Gasteiger partial charge in [0.05, 0.1) is 10.5 Å². The van der Waals surface area contributed by atoms with Gasteiger partial charge in [-0.15, -0.1) is 0 Å². The van der Waals surface area contributed by atoms with Crippen molar-refractivity contribution in [1.29, 1.82) is 0 Å². The molecule has 1 aliphatic rings. The number of rotatable bonds is 4. The minimum Gasteiger partial charge on any atom is -0.227 e. The van der Waals surface area contributed by atoms with Crippen LogP contribution in [0.1, 0.15) is 42.4 Å². The van der Waals surface area contributed by atoms with E-state index in [0.717, 1.165) is 29.2 Å². The van der Waals surface area contributed by atoms with Gasteiger partial charge in [0, 0.05) is 6.20 Å². The molecule has 2 N–H and O–H groups in total. The summed E-state index contributed by atoms with van der Waals surface area (Å²) >= 11 is 0. The standard InChI is InChI=1S/C17H15F3N2O2S/c18-16(19)15-8-11(9-22-17(15)20)14-3-1-2-13(14)10-4-6-12(7-5-10)25(21,23)24/h4-9,16H,1-3H2,(H2,21,23,24). The van der Waals surface area contributed by atoms with Gasteiger partial charge >= 0.3 is 0 Å². The first-order valence-electron chi connectivity index (χ1n) is 7.56. The number of allylic oxidation sites excluding steroid dienone is 2. The Morgan fingerprint density at radius 1 is 1.04 bits per heavy atom. The van der Waals surface area contributed by atoms with Crippen molar-refractivity contribution in [3.63, 3.8) is 0 Å². The third-order valence-electron chi connectivity index (χ3n) is 4.20. The van der Waals surface area contributed by atoms with Crippen LogP contribution >= 0.6 is 0 Å². The van der Waals surface area contributed by atoms with Crippen LogP contribution in [-0.2, 0) is 10.0 Å². The zero-order chi connectivity index (χ0) is 18.2. The lowest BCUT2D eigenvalue weighted by atomic mass is 9.97. The Kier molecular flexibility index (Phi) is 4.66. The quantitative estimate of drug-likeness (QED) is 0.832. The van der Waals surface area contributed by atoms with Crippen LogP contribution in [-0.4, -0.2) is 13.4 Å². The zero-order valence-corrected chi connectivity index (χ0v) is 13.9. The molecule has 0 atom stereocenters. The van der Waals surface area contributed by atoms with E-state index in [-0.39, 0.29) is 4.90 Å². The van der Waals surface area contributed by atoms with Gasteiger partial charge < -0.3 is 0 Å². The fraction of sp³-hybridized carbons (Fsp3) is 0.235. The number of alkyl halides is 2. The van der Waals surface area contributed by atoms with Gasteiger partial charge in [-0.1, -0.05) is 12.1 Å². The summed E-state index contributed by atoms with van der Waals surface area (Å²) < 4.78 is 61.9. The van der Waals surface area contributed by atoms with E-state index in [4.69, 9.17) is 5.14 Å². The summed E-state index contributed by atoms with van der Waals surface area (Å²) in [6.07, 6.45) is 0.504. The molecule has 1 aromatic carbocycles. The second-order valence-corrected chi connectivity index (χ2v) is 7.35. The highest BCUT2D eigenvalue weighted by atomic mass is 32.2. The smallest absolute Gasteiger partial charge is 0.227 e. The molecule has 3 rings (SSSR count). The van der Waals surface area contributed by atoms with Crippen molar-refractivity contribution >= 4 is 21.2 Å². The average Bonchev–Trinajstić information content (AvgIpc) is 3.04. The number of primary sulfonamides is 1. The lowest BCUT2D eigenvalue weighted by molar-refractivity contribution is 0.145. The number of nitrogens with zero attached hydrogens (tertiary/aromatic N) is 1. The maximum Gasteiger partial charge on any atom is 0.268 e. The first-order valence-corrected chi connectivity index (χ1v) is 9.11. The van der Waals surface area contributed by atoms with Gasteiger partial charge in [0.25, 0.3) is 6.43 Å². The van der Waals surface area contributed by atoms with E-state index >= 15 is 0 Å². The van der Waals surface area contributed by atoms with Crippen molar-refractivity contribution in [2.45, 2.75) is 30.6 Å². The zero-order valence-electron chi connectivity index (χ0n) is 13.0. The molecule has 1 aromatic heterocycles. The van der Waals surface area contributed by atoms with Gasteiger partial charge in [0.1, 0.15) is 0 Å². The first kappa shape index (κ1) is 17.6. The lowest BCUT2D eigenvalue weighted by Gasteiger charge is -2.10. The highest BCUT2D eigenvalue weighted by Gasteiger charge is 2.22. The Labute approximate surface area is 143 Å². The number of hydrogen-bond donors (Lipinski definition) is 1. The fourth-order valence-electron chi connectivity index (χ4n) is 3.01. The molecule has 0 fully saturated rings. The molecule has 0 saturated heterocycles. The predicted molar refractivity (Wildman–Crippen MR) is 87.6 cm³/mol. The van der Waals surface area contributed by atoms with Gasteiger partial charge in [0.2, 0.25) is 16.0 Å². The molecule has 8 heteroatoms. The molecule has 25 heavy (non-hydrogen) atoms. The Bertz CT molecular complexity index is 939. The molecule has 0 unspecified atom stereocenters. The SMILES string of the molecule is NS(=O)(=O)c1ccc(C2=C(c3cnc(F)c(C(F)F)c3)CCC2)cc1. The molecule has 0 saturated carbocycles. The van der Waals surface area contributed by atoms with Crippen LogP contribution in [0.25, 0.3) is 11.1 Å². The van der Waals surface area contributed by atoms with Gasteiger partial charge in [-0.3, -0.25) is 0 Å². The number of sulfonamides is 1. The van der Waals surface area contributed by atoms with Crippen LogP contribution in [0.15, 0.2) is 41.4 Å². The Morgan fingerprint density at radius 2 is 1.64 bits per heavy atom. The molecule has 0 radical (unpaired) electrons. The lowest BCUT2D eigenvalue weighted by Crippen LogP contribution is -2.11. The van der Waals surface area contributed by atoms with E-state index in [2.05, 4.69) is 4.98 Å². The first-order chi connectivity index (χ1) is 11.8. The topological polar surface area (TPSA) is 73.1 Å². The summed E-state index contributed by atoms with van der Waals surface area (Å²) in [5.41, 5.74) is 2.25. The van der Waals surface area contributed by atoms with Gasteiger partial charge in [0.15, 0.2) is 0 Å². The maximum atomic E-state index is 13.4. The van der Waals surface area contributed by atoms with E-state index in [9.17, 15) is 21.6 Å². The summed E-state index contributed by atoms with van der Waals surface area (Å²) in [6, 6.07) is 7.20. The van der Waals surface area contributed by atoms with Gasteiger partial charge in [-0.2, -0.15) is 4.39 Å². The number of benzene rings is 1. The van der Waals surface area contributed by atoms with Crippen molar-refractivity contribution in [2.24, 2.45) is 5.14 Å². The fourth-order valence-corrected chi connectivity index (χ4v) is 3.53. The van der Waals surface area contributed by atoms with Crippen LogP contribution in [0.5, 0.6) is 0 Å². The van der Waals surface area contributed by atoms with Crippen molar-refractivity contribution in [2.75, 3.05) is 0 Å². The Balaban J connectivity index is 2.05. The molecule has 132 valence electrons. The highest BCUT2D eigenvalue weighted by molar-refractivity contribution is 7.89. The van der Waals surface area contributed by atoms with Crippen LogP contribution < -0.4 is 5.14 Å². The normalized spacial score (nSPS) is 15.2. The van der Waals surface area contributed by atoms with Crippen molar-refractivity contribution in [3.8, 4) is 0 Å². The van der Waals surface area contributed by atoms with Crippen LogP contribution in [0.3, 0.4) is 0 Å². The van der Waals surface area contributed by atoms with Gasteiger partial charge in [-0.05, 0) is 59.7 Å². The van der Waals surface area contributed by atoms with E-state index in [1.165, 1.54) is 18.3 Å². The summed E-state index contributed by atoms with van der Waals surface area (Å²) in [5.74, 6) is -1.17. The minimum absolute atomic E-state index is 0.000155. The predicted octanol–water partition coefficient (Wildman–Crippen LogP) is 3.90. The number of pyridine rings is 1. The summed E-state index contributed by atoms with van der Waals surface area (Å²) in [5, 5.41) is 5.08. The third-order valence-corrected chi connectivity index (χ3v) is 5.13. The largest absolute Gasteiger partial charge is 0.268 e. The van der Waals surface area contributed by atoms with E-state index in [1.54, 1.807) is 12.1 Å². The maximum absolute atomic E-state index is 13.4. The van der Waals surface area contributed by atoms with E-state index in [1.807, 2.05) is 0 Å². The van der Waals surface area contributed by atoms with Gasteiger partial charge in [-0.25, -0.2) is 27.3 Å². The van der Waals surface area contributed by atoms with Crippen molar-refractivity contribution in [1.82, 2.24) is 4.98 Å². The molecule has 0 bridgehead atoms. The summed E-state index contributed by atoms with van der Waals surface area (Å²) in [4.78, 5) is 3.44. The van der Waals surface area contributed by atoms with Crippen LogP contribution in [0.4, 0.5) is 13.2 Å². The summed E-state index contributed by atoms with van der Waals surface area (Å²) in [6.45, 7) is 0. The molecular weight excluding hydrogens is 353 g/mol. The number of nitrogens with two attached hydrogens (primary N) is 1. The molecule has 1 heterocycles. The van der Waals surface area contributed by atoms with E-state index < -0.39 is 28.0 Å². The Hall–Kier alpha value is -2.19. The number of aromatic nitrogens is 1. The molecular formula is C17H15F3N2O2S. The molecule has 0 aliphatic heterocycles. The monoisotopic (exact) mass is 368 g/mol. The Morgan fingerprint density at radius 3 is 2.20 bits per heavy atom. The summed E-state index contributed by atoms with van der Waals surface area (Å²) in [7, 11) is -3.78. The third kappa shape index (κ3) is 3.59. The minimum atomic E-state index is -3.78. The molecule has 2 aromatic rings. The second kappa shape index (κ2) is 6.61. The molecule has 0 amide bonds. The number of halogens is 3. The van der Waals surface area contributed by atoms with Crippen molar-refractivity contribution < 1.29 is 21.6 Å². The molecule has 0 spiro atoms. The highest BCUT2D eigenvalue weighted by Crippen LogP contribution is 2.40. The molecule has 4 nitrogen and oxygen atoms in total.